The van der Waals surface area contributed by atoms with Gasteiger partial charge in [-0.05, 0) is 0 Å². The summed E-state index contributed by atoms with van der Waals surface area (Å²) >= 11 is -2.49. The van der Waals surface area contributed by atoms with Crippen molar-refractivity contribution >= 4 is 0 Å². The van der Waals surface area contributed by atoms with Gasteiger partial charge < -0.3 is 0 Å². The molecule has 0 aromatic rings. The second kappa shape index (κ2) is 5.24. The van der Waals surface area contributed by atoms with Crippen LogP contribution in [0.1, 0.15) is 47.5 Å². The van der Waals surface area contributed by atoms with Gasteiger partial charge in [0.05, 0.1) is 0 Å². The monoisotopic (exact) mass is 348 g/mol. The zero-order valence-corrected chi connectivity index (χ0v) is 16.8. The molecule has 0 saturated carbocycles. The molecular weight excluding hydrogens is 319 g/mol. The molecule has 0 amide bonds. The maximum absolute atomic E-state index is 2.66. The van der Waals surface area contributed by atoms with Gasteiger partial charge in [0.1, 0.15) is 0 Å². The Balaban J connectivity index is 2.56. The molecule has 1 unspecified atom stereocenters. The standard InChI is InChI=1S/C9H13.C8H11.2CH3.Zr/c1-6-5-7(2)9(4)8(6)3;1-2-5-8-6-3-4-7-8;;;/h5H,1-4H3;3-4,6-7H,2,5H2,1H3;2*1H3;. The number of hydrogen-bond donors (Lipinski definition) is 0. The predicted molar refractivity (Wildman–Crippen MR) is 88.1 cm³/mol. The third-order valence-corrected chi connectivity index (χ3v) is 21.3. The predicted octanol–water partition coefficient (Wildman–Crippen LogP) is 6.80. The van der Waals surface area contributed by atoms with Crippen molar-refractivity contribution in [2.24, 2.45) is 0 Å². The van der Waals surface area contributed by atoms with Gasteiger partial charge in [-0.25, -0.2) is 0 Å². The van der Waals surface area contributed by atoms with Crippen molar-refractivity contribution in [3.63, 3.8) is 0 Å². The molecule has 0 saturated heterocycles. The summed E-state index contributed by atoms with van der Waals surface area (Å²) in [6.07, 6.45) is 14.8. The van der Waals surface area contributed by atoms with E-state index >= 15 is 0 Å². The number of allylic oxidation sites excluding steroid dienone is 8. The fourth-order valence-electron chi connectivity index (χ4n) is 4.29. The SMILES string of the molecule is CCC[C]1([Zr]([CH3])([CH3])[C]2(C)C=C(C)C(C)=C2C)C=CC=C1. The molecule has 0 nitrogen and oxygen atoms in total. The summed E-state index contributed by atoms with van der Waals surface area (Å²) in [7, 11) is 0. The molecule has 0 aliphatic heterocycles. The van der Waals surface area contributed by atoms with Crippen molar-refractivity contribution in [1.82, 2.24) is 0 Å². The Bertz CT molecular complexity index is 516. The van der Waals surface area contributed by atoms with E-state index in [4.69, 9.17) is 0 Å². The van der Waals surface area contributed by atoms with E-state index in [2.05, 4.69) is 74.3 Å². The van der Waals surface area contributed by atoms with E-state index in [-0.39, 0.29) is 0 Å². The van der Waals surface area contributed by atoms with Crippen LogP contribution in [0.4, 0.5) is 0 Å². The molecule has 0 heterocycles. The van der Waals surface area contributed by atoms with Crippen LogP contribution < -0.4 is 0 Å². The van der Waals surface area contributed by atoms with Crippen LogP contribution in [0.15, 0.2) is 47.1 Å². The molecule has 110 valence electrons. The fourth-order valence-corrected chi connectivity index (χ4v) is 15.5. The summed E-state index contributed by atoms with van der Waals surface area (Å²) in [6, 6.07) is 0. The van der Waals surface area contributed by atoms with Gasteiger partial charge in [0.25, 0.3) is 0 Å². The molecule has 20 heavy (non-hydrogen) atoms. The summed E-state index contributed by atoms with van der Waals surface area (Å²) in [4.78, 5) is 0. The molecule has 2 aliphatic carbocycles. The normalized spacial score (nSPS) is 28.4. The van der Waals surface area contributed by atoms with Crippen LogP contribution in [-0.4, -0.2) is 0 Å². The molecule has 0 radical (unpaired) electrons. The second-order valence-electron chi connectivity index (χ2n) is 7.41. The molecule has 0 aromatic carbocycles. The first kappa shape index (κ1) is 16.2. The third-order valence-electron chi connectivity index (χ3n) is 6.46. The van der Waals surface area contributed by atoms with Crippen molar-refractivity contribution in [1.29, 1.82) is 0 Å². The van der Waals surface area contributed by atoms with E-state index in [1.54, 1.807) is 5.57 Å². The van der Waals surface area contributed by atoms with E-state index in [1.165, 1.54) is 24.0 Å². The van der Waals surface area contributed by atoms with Gasteiger partial charge in [0.2, 0.25) is 0 Å². The van der Waals surface area contributed by atoms with Crippen LogP contribution in [0.5, 0.6) is 0 Å². The van der Waals surface area contributed by atoms with Crippen LogP contribution >= 0.6 is 0 Å². The van der Waals surface area contributed by atoms with Crippen LogP contribution in [0.2, 0.25) is 15.5 Å². The average molecular weight is 350 g/mol. The molecule has 1 heteroatoms. The van der Waals surface area contributed by atoms with Gasteiger partial charge in [-0.1, -0.05) is 0 Å². The van der Waals surface area contributed by atoms with Gasteiger partial charge in [0, 0.05) is 0 Å². The molecular formula is C19H30Zr. The number of rotatable bonds is 4. The number of hydrogen-bond acceptors (Lipinski definition) is 0. The fraction of sp³-hybridized carbons (Fsp3) is 0.579. The molecule has 0 fully saturated rings. The first-order valence-corrected chi connectivity index (χ1v) is 15.3. The molecule has 1 atom stereocenters. The Morgan fingerprint density at radius 2 is 1.60 bits per heavy atom. The van der Waals surface area contributed by atoms with E-state index in [0.717, 1.165) is 0 Å². The van der Waals surface area contributed by atoms with E-state index < -0.39 is 20.3 Å². The summed E-state index contributed by atoms with van der Waals surface area (Å²) in [6.45, 7) is 11.8. The van der Waals surface area contributed by atoms with Crippen LogP contribution in [0.3, 0.4) is 0 Å². The van der Waals surface area contributed by atoms with Gasteiger partial charge >= 0.3 is 130 Å². The quantitative estimate of drug-likeness (QED) is 0.523. The Kier molecular flexibility index (Phi) is 4.25. The van der Waals surface area contributed by atoms with Crippen molar-refractivity contribution in [3.8, 4) is 0 Å². The van der Waals surface area contributed by atoms with Crippen LogP contribution in [0, 0.1) is 0 Å². The first-order chi connectivity index (χ1) is 9.22. The Labute approximate surface area is 130 Å². The molecule has 2 rings (SSSR count). The van der Waals surface area contributed by atoms with Crippen LogP contribution in [-0.2, 0) is 20.3 Å². The minimum atomic E-state index is -2.49. The van der Waals surface area contributed by atoms with Crippen molar-refractivity contribution < 1.29 is 20.3 Å². The van der Waals surface area contributed by atoms with Gasteiger partial charge in [-0.15, -0.1) is 0 Å². The molecule has 0 spiro atoms. The summed E-state index contributed by atoms with van der Waals surface area (Å²) in [5.74, 6) is 0. The van der Waals surface area contributed by atoms with Gasteiger partial charge in [-0.2, -0.15) is 0 Å². The Morgan fingerprint density at radius 1 is 1.05 bits per heavy atom. The topological polar surface area (TPSA) is 0 Å². The van der Waals surface area contributed by atoms with Crippen molar-refractivity contribution in [2.75, 3.05) is 0 Å². The second-order valence-corrected chi connectivity index (χ2v) is 20.2. The molecule has 0 aromatic heterocycles. The Hall–Kier alpha value is -0.157. The summed E-state index contributed by atoms with van der Waals surface area (Å²) < 4.78 is 6.06. The van der Waals surface area contributed by atoms with Crippen molar-refractivity contribution in [3.05, 3.63) is 47.1 Å². The summed E-state index contributed by atoms with van der Waals surface area (Å²) in [5.41, 5.74) is 4.68. The van der Waals surface area contributed by atoms with E-state index in [1.807, 2.05) is 0 Å². The van der Waals surface area contributed by atoms with Crippen molar-refractivity contribution in [2.45, 2.75) is 63.0 Å². The zero-order chi connectivity index (χ0) is 15.2. The van der Waals surface area contributed by atoms with Gasteiger partial charge in [-0.3, -0.25) is 0 Å². The third kappa shape index (κ3) is 2.04. The first-order valence-electron chi connectivity index (χ1n) is 7.97. The van der Waals surface area contributed by atoms with E-state index in [9.17, 15) is 0 Å². The maximum atomic E-state index is 2.66. The molecule has 0 bridgehead atoms. The van der Waals surface area contributed by atoms with Crippen LogP contribution in [0.25, 0.3) is 0 Å². The molecule has 0 N–H and O–H groups in total. The average Bonchev–Trinajstić information content (AvgIpc) is 2.93. The zero-order valence-electron chi connectivity index (χ0n) is 14.3. The minimum absolute atomic E-state index is 0.344. The van der Waals surface area contributed by atoms with Gasteiger partial charge in [0.15, 0.2) is 0 Å². The van der Waals surface area contributed by atoms with E-state index in [0.29, 0.717) is 6.25 Å². The Morgan fingerprint density at radius 3 is 2.00 bits per heavy atom. The molecule has 2 aliphatic rings. The summed E-state index contributed by atoms with van der Waals surface area (Å²) in [5, 5.41) is 0.